The Balaban J connectivity index is 2.01. The lowest BCUT2D eigenvalue weighted by molar-refractivity contribution is 0.436. The Hall–Kier alpha value is -0.510. The fraction of sp³-hybridized carbons (Fsp3) is 0.600. The van der Waals surface area contributed by atoms with Gasteiger partial charge < -0.3 is 10.2 Å². The van der Waals surface area contributed by atoms with Crippen molar-refractivity contribution in [2.24, 2.45) is 0 Å². The van der Waals surface area contributed by atoms with Crippen molar-refractivity contribution in [3.05, 3.63) is 35.4 Å². The van der Waals surface area contributed by atoms with Crippen LogP contribution in [0.1, 0.15) is 23.6 Å². The van der Waals surface area contributed by atoms with Crippen LogP contribution in [0, 0.1) is 0 Å². The van der Waals surface area contributed by atoms with Crippen LogP contribution in [0.3, 0.4) is 0 Å². The Bertz CT molecular complexity index is 379. The van der Waals surface area contributed by atoms with Gasteiger partial charge in [-0.25, -0.2) is 0 Å². The lowest BCUT2D eigenvalue weighted by Crippen LogP contribution is -2.33. The second-order valence-electron chi connectivity index (χ2n) is 5.22. The normalized spacial score (nSPS) is 23.1. The van der Waals surface area contributed by atoms with E-state index >= 15 is 0 Å². The first-order chi connectivity index (χ1) is 8.72. The summed E-state index contributed by atoms with van der Waals surface area (Å²) in [6, 6.07) is 9.40. The van der Waals surface area contributed by atoms with Crippen molar-refractivity contribution in [2.45, 2.75) is 24.1 Å². The van der Waals surface area contributed by atoms with Crippen LogP contribution in [0.25, 0.3) is 0 Å². The number of rotatable bonds is 5. The molecular formula is C15H24N2S. The van der Waals surface area contributed by atoms with E-state index in [-0.39, 0.29) is 0 Å². The molecule has 1 N–H and O–H groups in total. The second kappa shape index (κ2) is 6.60. The molecule has 2 nitrogen and oxygen atoms in total. The van der Waals surface area contributed by atoms with E-state index in [4.69, 9.17) is 0 Å². The van der Waals surface area contributed by atoms with Gasteiger partial charge in [0.1, 0.15) is 0 Å². The van der Waals surface area contributed by atoms with Crippen molar-refractivity contribution in [2.75, 3.05) is 33.4 Å². The Labute approximate surface area is 115 Å². The summed E-state index contributed by atoms with van der Waals surface area (Å²) in [6.07, 6.45) is 2.52. The Morgan fingerprint density at radius 3 is 2.83 bits per heavy atom. The molecule has 0 saturated heterocycles. The highest BCUT2D eigenvalue weighted by atomic mass is 32.2. The maximum Gasteiger partial charge on any atom is 0.0441 e. The number of thioether (sulfide) groups is 1. The van der Waals surface area contributed by atoms with Gasteiger partial charge in [0, 0.05) is 23.6 Å². The Morgan fingerprint density at radius 1 is 1.33 bits per heavy atom. The molecule has 0 bridgehead atoms. The molecule has 2 unspecified atom stereocenters. The van der Waals surface area contributed by atoms with E-state index in [9.17, 15) is 0 Å². The van der Waals surface area contributed by atoms with Crippen molar-refractivity contribution in [1.82, 2.24) is 10.2 Å². The third-order valence-corrected chi connectivity index (χ3v) is 5.00. The van der Waals surface area contributed by atoms with Gasteiger partial charge in [-0.2, -0.15) is 11.8 Å². The minimum absolute atomic E-state index is 0.516. The monoisotopic (exact) mass is 264 g/mol. The summed E-state index contributed by atoms with van der Waals surface area (Å²) in [7, 11) is 6.38. The van der Waals surface area contributed by atoms with Gasteiger partial charge in [0.15, 0.2) is 0 Å². The number of hydrogen-bond donors (Lipinski definition) is 1. The van der Waals surface area contributed by atoms with Gasteiger partial charge in [0.25, 0.3) is 0 Å². The van der Waals surface area contributed by atoms with Crippen molar-refractivity contribution in [3.63, 3.8) is 0 Å². The van der Waals surface area contributed by atoms with Crippen molar-refractivity contribution >= 4 is 11.8 Å². The molecule has 0 heterocycles. The van der Waals surface area contributed by atoms with Crippen LogP contribution in [0.15, 0.2) is 24.3 Å². The molecule has 1 aliphatic rings. The summed E-state index contributed by atoms with van der Waals surface area (Å²) in [4.78, 5) is 2.26. The first-order valence-electron chi connectivity index (χ1n) is 6.73. The van der Waals surface area contributed by atoms with E-state index in [0.717, 1.165) is 0 Å². The number of benzene rings is 1. The highest BCUT2D eigenvalue weighted by molar-refractivity contribution is 7.99. The largest absolute Gasteiger partial charge is 0.312 e. The molecule has 2 atom stereocenters. The molecule has 1 aromatic carbocycles. The topological polar surface area (TPSA) is 15.3 Å². The number of hydrogen-bond acceptors (Lipinski definition) is 3. The molecular weight excluding hydrogens is 240 g/mol. The average Bonchev–Trinajstić information content (AvgIpc) is 2.38. The first kappa shape index (κ1) is 13.9. The summed E-state index contributed by atoms with van der Waals surface area (Å²) in [6.45, 7) is 1.17. The van der Waals surface area contributed by atoms with Gasteiger partial charge in [-0.3, -0.25) is 0 Å². The van der Waals surface area contributed by atoms with Gasteiger partial charge in [-0.1, -0.05) is 24.3 Å². The van der Waals surface area contributed by atoms with Gasteiger partial charge in [0.2, 0.25) is 0 Å². The standard InChI is InChI=1S/C15H24N2S/c1-16-15-13-7-5-4-6-12(13)8-9-14(15)18-11-10-17(2)3/h4-7,14-16H,8-11H2,1-3H3. The van der Waals surface area contributed by atoms with Crippen molar-refractivity contribution in [3.8, 4) is 0 Å². The molecule has 2 rings (SSSR count). The van der Waals surface area contributed by atoms with E-state index in [1.165, 1.54) is 36.3 Å². The lowest BCUT2D eigenvalue weighted by atomic mass is 9.87. The van der Waals surface area contributed by atoms with Crippen LogP contribution >= 0.6 is 11.8 Å². The summed E-state index contributed by atoms with van der Waals surface area (Å²) in [5.74, 6) is 1.22. The maximum absolute atomic E-state index is 3.51. The lowest BCUT2D eigenvalue weighted by Gasteiger charge is -2.33. The van der Waals surface area contributed by atoms with Crippen LogP contribution in [0.5, 0.6) is 0 Å². The van der Waals surface area contributed by atoms with E-state index in [1.807, 2.05) is 0 Å². The molecule has 1 aliphatic carbocycles. The van der Waals surface area contributed by atoms with Crippen LogP contribution in [-0.4, -0.2) is 43.6 Å². The van der Waals surface area contributed by atoms with Crippen LogP contribution < -0.4 is 5.32 Å². The molecule has 0 radical (unpaired) electrons. The number of fused-ring (bicyclic) bond motifs is 1. The summed E-state index contributed by atoms with van der Waals surface area (Å²) in [5, 5.41) is 4.23. The smallest absolute Gasteiger partial charge is 0.0441 e. The zero-order valence-electron chi connectivity index (χ0n) is 11.6. The van der Waals surface area contributed by atoms with Gasteiger partial charge >= 0.3 is 0 Å². The summed E-state index contributed by atoms with van der Waals surface area (Å²) < 4.78 is 0. The van der Waals surface area contributed by atoms with Gasteiger partial charge in [-0.05, 0) is 45.1 Å². The Morgan fingerprint density at radius 2 is 2.11 bits per heavy atom. The zero-order valence-corrected chi connectivity index (χ0v) is 12.5. The molecule has 0 aromatic heterocycles. The predicted molar refractivity (Wildman–Crippen MR) is 81.4 cm³/mol. The van der Waals surface area contributed by atoms with Gasteiger partial charge in [0.05, 0.1) is 0 Å². The van der Waals surface area contributed by atoms with E-state index in [1.54, 1.807) is 0 Å². The second-order valence-corrected chi connectivity index (χ2v) is 6.56. The number of nitrogens with zero attached hydrogens (tertiary/aromatic N) is 1. The molecule has 100 valence electrons. The van der Waals surface area contributed by atoms with E-state index in [0.29, 0.717) is 11.3 Å². The van der Waals surface area contributed by atoms with E-state index in [2.05, 4.69) is 67.4 Å². The zero-order chi connectivity index (χ0) is 13.0. The van der Waals surface area contributed by atoms with Crippen LogP contribution in [0.4, 0.5) is 0 Å². The number of aryl methyl sites for hydroxylation is 1. The minimum atomic E-state index is 0.516. The third-order valence-electron chi connectivity index (χ3n) is 3.64. The molecule has 0 spiro atoms. The van der Waals surface area contributed by atoms with Crippen molar-refractivity contribution < 1.29 is 0 Å². The Kier molecular flexibility index (Phi) is 5.10. The van der Waals surface area contributed by atoms with Crippen LogP contribution in [-0.2, 0) is 6.42 Å². The highest BCUT2D eigenvalue weighted by Crippen LogP contribution is 2.36. The first-order valence-corrected chi connectivity index (χ1v) is 7.78. The SMILES string of the molecule is CNC1c2ccccc2CCC1SCCN(C)C. The van der Waals surface area contributed by atoms with Gasteiger partial charge in [-0.15, -0.1) is 0 Å². The average molecular weight is 264 g/mol. The molecule has 0 saturated carbocycles. The molecule has 1 aromatic rings. The molecule has 0 aliphatic heterocycles. The summed E-state index contributed by atoms with van der Waals surface area (Å²) >= 11 is 2.12. The fourth-order valence-corrected chi connectivity index (χ4v) is 4.17. The van der Waals surface area contributed by atoms with E-state index < -0.39 is 0 Å². The quantitative estimate of drug-likeness (QED) is 0.880. The molecule has 3 heteroatoms. The molecule has 0 amide bonds. The molecule has 0 fully saturated rings. The molecule has 18 heavy (non-hydrogen) atoms. The van der Waals surface area contributed by atoms with Crippen molar-refractivity contribution in [1.29, 1.82) is 0 Å². The maximum atomic E-state index is 3.51. The fourth-order valence-electron chi connectivity index (χ4n) is 2.64. The predicted octanol–water partition coefficient (Wildman–Crippen LogP) is 2.56. The highest BCUT2D eigenvalue weighted by Gasteiger charge is 2.28. The third kappa shape index (κ3) is 3.28. The summed E-state index contributed by atoms with van der Waals surface area (Å²) in [5.41, 5.74) is 3.04. The minimum Gasteiger partial charge on any atom is -0.312 e. The van der Waals surface area contributed by atoms with Crippen LogP contribution in [0.2, 0.25) is 0 Å². The number of nitrogens with one attached hydrogen (secondary N) is 1.